The Hall–Kier alpha value is -2.93. The molecular weight excluding hydrogens is 310 g/mol. The standard InChI is InChI=1S/C17H19N3O4/c1-12-3-6-14(7-4-12)19-17(21)13-5-8-15(18-9-10-24-2)16(11-13)20(22)23/h3-8,11,18H,9-10H2,1-2H3,(H,19,21). The molecule has 0 bridgehead atoms. The van der Waals surface area contributed by atoms with E-state index in [0.29, 0.717) is 24.5 Å². The summed E-state index contributed by atoms with van der Waals surface area (Å²) in [6, 6.07) is 11.6. The number of nitrogens with one attached hydrogen (secondary N) is 2. The van der Waals surface area contributed by atoms with Gasteiger partial charge >= 0.3 is 0 Å². The summed E-state index contributed by atoms with van der Waals surface area (Å²) in [5.74, 6) is -0.398. The first-order valence-corrected chi connectivity index (χ1v) is 7.40. The highest BCUT2D eigenvalue weighted by molar-refractivity contribution is 6.05. The SMILES string of the molecule is COCCNc1ccc(C(=O)Nc2ccc(C)cc2)cc1[N+](=O)[O-]. The van der Waals surface area contributed by atoms with Crippen molar-refractivity contribution in [2.24, 2.45) is 0 Å². The first-order valence-electron chi connectivity index (χ1n) is 7.40. The third-order valence-corrected chi connectivity index (χ3v) is 3.39. The van der Waals surface area contributed by atoms with Gasteiger partial charge in [0.2, 0.25) is 0 Å². The average molecular weight is 329 g/mol. The number of nitrogens with zero attached hydrogens (tertiary/aromatic N) is 1. The number of ether oxygens (including phenoxy) is 1. The normalized spacial score (nSPS) is 10.2. The number of carbonyl (C=O) groups excluding carboxylic acids is 1. The number of aryl methyl sites for hydroxylation is 1. The summed E-state index contributed by atoms with van der Waals surface area (Å²) in [7, 11) is 1.55. The van der Waals surface area contributed by atoms with Crippen molar-refractivity contribution in [2.75, 3.05) is 30.9 Å². The lowest BCUT2D eigenvalue weighted by atomic mass is 10.1. The highest BCUT2D eigenvalue weighted by atomic mass is 16.6. The van der Waals surface area contributed by atoms with Gasteiger partial charge in [0.25, 0.3) is 11.6 Å². The molecule has 0 aliphatic carbocycles. The topological polar surface area (TPSA) is 93.5 Å². The van der Waals surface area contributed by atoms with Crippen LogP contribution in [-0.4, -0.2) is 31.1 Å². The fourth-order valence-corrected chi connectivity index (χ4v) is 2.10. The lowest BCUT2D eigenvalue weighted by molar-refractivity contribution is -0.384. The minimum Gasteiger partial charge on any atom is -0.383 e. The number of nitro groups is 1. The molecule has 2 rings (SSSR count). The number of benzene rings is 2. The Morgan fingerprint density at radius 3 is 2.54 bits per heavy atom. The molecule has 0 heterocycles. The van der Waals surface area contributed by atoms with Gasteiger partial charge < -0.3 is 15.4 Å². The third-order valence-electron chi connectivity index (χ3n) is 3.39. The van der Waals surface area contributed by atoms with Gasteiger partial charge in [-0.25, -0.2) is 0 Å². The molecule has 0 aromatic heterocycles. The van der Waals surface area contributed by atoms with Crippen LogP contribution in [0.4, 0.5) is 17.1 Å². The number of nitro benzene ring substituents is 1. The van der Waals surface area contributed by atoms with E-state index < -0.39 is 10.8 Å². The Morgan fingerprint density at radius 1 is 1.21 bits per heavy atom. The Balaban J connectivity index is 2.17. The molecule has 0 atom stereocenters. The van der Waals surface area contributed by atoms with Crippen molar-refractivity contribution in [3.63, 3.8) is 0 Å². The number of amides is 1. The maximum atomic E-state index is 12.3. The third kappa shape index (κ3) is 4.53. The summed E-state index contributed by atoms with van der Waals surface area (Å²) < 4.78 is 4.90. The summed E-state index contributed by atoms with van der Waals surface area (Å²) in [5.41, 5.74) is 2.14. The van der Waals surface area contributed by atoms with E-state index in [0.717, 1.165) is 5.56 Å². The monoisotopic (exact) mass is 329 g/mol. The lowest BCUT2D eigenvalue weighted by Crippen LogP contribution is -2.13. The summed E-state index contributed by atoms with van der Waals surface area (Å²) in [4.78, 5) is 23.0. The predicted octanol–water partition coefficient (Wildman–Crippen LogP) is 3.21. The van der Waals surface area contributed by atoms with Gasteiger partial charge in [-0.1, -0.05) is 17.7 Å². The molecule has 0 saturated heterocycles. The Labute approximate surface area is 139 Å². The van der Waals surface area contributed by atoms with Crippen LogP contribution in [0, 0.1) is 17.0 Å². The summed E-state index contributed by atoms with van der Waals surface area (Å²) in [6.45, 7) is 2.81. The van der Waals surface area contributed by atoms with Gasteiger partial charge in [0, 0.05) is 31.0 Å². The molecule has 0 unspecified atom stereocenters. The maximum absolute atomic E-state index is 12.3. The molecule has 0 fully saturated rings. The van der Waals surface area contributed by atoms with E-state index in [2.05, 4.69) is 10.6 Å². The molecular formula is C17H19N3O4. The second-order valence-electron chi connectivity index (χ2n) is 5.23. The number of anilines is 2. The van der Waals surface area contributed by atoms with Crippen LogP contribution < -0.4 is 10.6 Å². The van der Waals surface area contributed by atoms with E-state index in [-0.39, 0.29) is 11.3 Å². The molecule has 2 aromatic carbocycles. The van der Waals surface area contributed by atoms with Gasteiger partial charge in [-0.3, -0.25) is 14.9 Å². The fourth-order valence-electron chi connectivity index (χ4n) is 2.10. The summed E-state index contributed by atoms with van der Waals surface area (Å²) in [5, 5.41) is 16.9. The number of carbonyl (C=O) groups is 1. The molecule has 24 heavy (non-hydrogen) atoms. The van der Waals surface area contributed by atoms with Crippen molar-refractivity contribution in [3.05, 3.63) is 63.7 Å². The van der Waals surface area contributed by atoms with Crippen LogP contribution in [0.3, 0.4) is 0 Å². The quantitative estimate of drug-likeness (QED) is 0.462. The van der Waals surface area contributed by atoms with Crippen LogP contribution in [-0.2, 0) is 4.74 Å². The van der Waals surface area contributed by atoms with Gasteiger partial charge in [-0.2, -0.15) is 0 Å². The van der Waals surface area contributed by atoms with Crippen LogP contribution in [0.25, 0.3) is 0 Å². The molecule has 0 radical (unpaired) electrons. The molecule has 2 aromatic rings. The van der Waals surface area contributed by atoms with Crippen molar-refractivity contribution in [3.8, 4) is 0 Å². The van der Waals surface area contributed by atoms with E-state index in [1.54, 1.807) is 25.3 Å². The van der Waals surface area contributed by atoms with E-state index >= 15 is 0 Å². The zero-order chi connectivity index (χ0) is 17.5. The first kappa shape index (κ1) is 17.4. The zero-order valence-corrected chi connectivity index (χ0v) is 13.5. The smallest absolute Gasteiger partial charge is 0.293 e. The van der Waals surface area contributed by atoms with Gasteiger partial charge in [-0.05, 0) is 31.2 Å². The van der Waals surface area contributed by atoms with Gasteiger partial charge in [-0.15, -0.1) is 0 Å². The summed E-state index contributed by atoms with van der Waals surface area (Å²) in [6.07, 6.45) is 0. The van der Waals surface area contributed by atoms with Gasteiger partial charge in [0.15, 0.2) is 0 Å². The van der Waals surface area contributed by atoms with Crippen LogP contribution in [0.2, 0.25) is 0 Å². The number of rotatable bonds is 7. The van der Waals surface area contributed by atoms with E-state index in [9.17, 15) is 14.9 Å². The van der Waals surface area contributed by atoms with E-state index in [1.807, 2.05) is 19.1 Å². The first-order chi connectivity index (χ1) is 11.5. The second kappa shape index (κ2) is 8.07. The molecule has 0 aliphatic heterocycles. The number of hydrogen-bond donors (Lipinski definition) is 2. The zero-order valence-electron chi connectivity index (χ0n) is 13.5. The molecule has 7 nitrogen and oxygen atoms in total. The average Bonchev–Trinajstić information content (AvgIpc) is 2.57. The maximum Gasteiger partial charge on any atom is 0.293 e. The van der Waals surface area contributed by atoms with Crippen molar-refractivity contribution in [2.45, 2.75) is 6.92 Å². The molecule has 1 amide bonds. The van der Waals surface area contributed by atoms with Crippen molar-refractivity contribution in [1.82, 2.24) is 0 Å². The summed E-state index contributed by atoms with van der Waals surface area (Å²) >= 11 is 0. The molecule has 7 heteroatoms. The van der Waals surface area contributed by atoms with Gasteiger partial charge in [0.05, 0.1) is 11.5 Å². The largest absolute Gasteiger partial charge is 0.383 e. The molecule has 2 N–H and O–H groups in total. The molecule has 0 saturated carbocycles. The minimum atomic E-state index is -0.516. The lowest BCUT2D eigenvalue weighted by Gasteiger charge is -2.09. The number of methoxy groups -OCH3 is 1. The Bertz CT molecular complexity index is 729. The Morgan fingerprint density at radius 2 is 1.92 bits per heavy atom. The van der Waals surface area contributed by atoms with E-state index in [1.165, 1.54) is 12.1 Å². The van der Waals surface area contributed by atoms with Crippen LogP contribution in [0.1, 0.15) is 15.9 Å². The molecule has 126 valence electrons. The van der Waals surface area contributed by atoms with E-state index in [4.69, 9.17) is 4.74 Å². The van der Waals surface area contributed by atoms with Gasteiger partial charge in [0.1, 0.15) is 5.69 Å². The Kier molecular flexibility index (Phi) is 5.86. The van der Waals surface area contributed by atoms with Crippen LogP contribution in [0.15, 0.2) is 42.5 Å². The highest BCUT2D eigenvalue weighted by Gasteiger charge is 2.17. The van der Waals surface area contributed by atoms with Crippen molar-refractivity contribution >= 4 is 23.0 Å². The highest BCUT2D eigenvalue weighted by Crippen LogP contribution is 2.26. The van der Waals surface area contributed by atoms with Crippen molar-refractivity contribution < 1.29 is 14.5 Å². The predicted molar refractivity (Wildman–Crippen MR) is 92.6 cm³/mol. The molecule has 0 aliphatic rings. The van der Waals surface area contributed by atoms with Crippen LogP contribution in [0.5, 0.6) is 0 Å². The molecule has 0 spiro atoms. The van der Waals surface area contributed by atoms with Crippen molar-refractivity contribution in [1.29, 1.82) is 0 Å². The fraction of sp³-hybridized carbons (Fsp3) is 0.235. The second-order valence-corrected chi connectivity index (χ2v) is 5.23. The number of hydrogen-bond acceptors (Lipinski definition) is 5. The van der Waals surface area contributed by atoms with Crippen LogP contribution >= 0.6 is 0 Å². The minimum absolute atomic E-state index is 0.150.